The number of aromatic nitrogens is 3. The standard InChI is InChI=1S/C12H16N4O/c1-2-6-16-11(3-1)14-12(15-16)13-9-10-4-7-17-8-5-10/h1-3,6,10H,4-5,7-9H2,(H,13,15). The molecule has 0 saturated carbocycles. The number of pyridine rings is 1. The number of ether oxygens (including phenoxy) is 1. The highest BCUT2D eigenvalue weighted by Crippen LogP contribution is 2.15. The third-order valence-corrected chi connectivity index (χ3v) is 3.13. The Morgan fingerprint density at radius 3 is 3.06 bits per heavy atom. The van der Waals surface area contributed by atoms with Crippen LogP contribution < -0.4 is 5.32 Å². The van der Waals surface area contributed by atoms with E-state index in [-0.39, 0.29) is 0 Å². The minimum atomic E-state index is 0.676. The van der Waals surface area contributed by atoms with Gasteiger partial charge >= 0.3 is 0 Å². The number of nitrogens with one attached hydrogen (secondary N) is 1. The highest BCUT2D eigenvalue weighted by molar-refractivity contribution is 5.42. The molecule has 0 aliphatic carbocycles. The summed E-state index contributed by atoms with van der Waals surface area (Å²) >= 11 is 0. The van der Waals surface area contributed by atoms with Crippen molar-refractivity contribution < 1.29 is 4.74 Å². The Balaban J connectivity index is 1.64. The molecule has 3 heterocycles. The van der Waals surface area contributed by atoms with Crippen LogP contribution in [0.5, 0.6) is 0 Å². The second-order valence-electron chi connectivity index (χ2n) is 4.38. The minimum Gasteiger partial charge on any atom is -0.381 e. The summed E-state index contributed by atoms with van der Waals surface area (Å²) in [5, 5.41) is 7.67. The monoisotopic (exact) mass is 232 g/mol. The van der Waals surface area contributed by atoms with Crippen LogP contribution in [0.4, 0.5) is 5.95 Å². The molecular formula is C12H16N4O. The summed E-state index contributed by atoms with van der Waals surface area (Å²) in [4.78, 5) is 4.41. The molecule has 3 rings (SSSR count). The second-order valence-corrected chi connectivity index (χ2v) is 4.38. The summed E-state index contributed by atoms with van der Waals surface area (Å²) < 4.78 is 7.12. The van der Waals surface area contributed by atoms with E-state index >= 15 is 0 Å². The molecule has 0 amide bonds. The minimum absolute atomic E-state index is 0.676. The zero-order valence-corrected chi connectivity index (χ0v) is 9.67. The summed E-state index contributed by atoms with van der Waals surface area (Å²) in [6.45, 7) is 2.69. The highest BCUT2D eigenvalue weighted by Gasteiger charge is 2.14. The van der Waals surface area contributed by atoms with Crippen LogP contribution in [0.3, 0.4) is 0 Å². The van der Waals surface area contributed by atoms with Gasteiger partial charge < -0.3 is 10.1 Å². The van der Waals surface area contributed by atoms with Crippen molar-refractivity contribution in [3.63, 3.8) is 0 Å². The molecule has 5 heteroatoms. The van der Waals surface area contributed by atoms with Gasteiger partial charge in [0.1, 0.15) is 0 Å². The van der Waals surface area contributed by atoms with Crippen molar-refractivity contribution in [3.05, 3.63) is 24.4 Å². The predicted molar refractivity (Wildman–Crippen MR) is 65.0 cm³/mol. The van der Waals surface area contributed by atoms with Crippen molar-refractivity contribution in [2.24, 2.45) is 5.92 Å². The lowest BCUT2D eigenvalue weighted by Gasteiger charge is -2.21. The van der Waals surface area contributed by atoms with Gasteiger partial charge in [-0.15, -0.1) is 5.10 Å². The van der Waals surface area contributed by atoms with Gasteiger partial charge in [0.2, 0.25) is 5.95 Å². The molecule has 1 aliphatic heterocycles. The first kappa shape index (κ1) is 10.5. The van der Waals surface area contributed by atoms with Gasteiger partial charge in [-0.3, -0.25) is 0 Å². The van der Waals surface area contributed by atoms with Crippen LogP contribution in [0.1, 0.15) is 12.8 Å². The third kappa shape index (κ3) is 2.39. The van der Waals surface area contributed by atoms with E-state index in [0.29, 0.717) is 11.9 Å². The van der Waals surface area contributed by atoms with Crippen LogP contribution in [-0.4, -0.2) is 34.4 Å². The zero-order valence-electron chi connectivity index (χ0n) is 9.67. The predicted octanol–water partition coefficient (Wildman–Crippen LogP) is 1.57. The Labute approximate surface area is 99.8 Å². The highest BCUT2D eigenvalue weighted by atomic mass is 16.5. The lowest BCUT2D eigenvalue weighted by Crippen LogP contribution is -2.22. The molecular weight excluding hydrogens is 216 g/mol. The van der Waals surface area contributed by atoms with Gasteiger partial charge in [-0.05, 0) is 30.9 Å². The molecule has 0 atom stereocenters. The van der Waals surface area contributed by atoms with Crippen LogP contribution in [0, 0.1) is 5.92 Å². The number of rotatable bonds is 3. The van der Waals surface area contributed by atoms with Gasteiger partial charge in [0.15, 0.2) is 5.65 Å². The van der Waals surface area contributed by atoms with E-state index in [1.54, 1.807) is 4.52 Å². The molecule has 2 aromatic heterocycles. The van der Waals surface area contributed by atoms with E-state index in [1.165, 1.54) is 0 Å². The first-order chi connectivity index (χ1) is 8.42. The first-order valence-electron chi connectivity index (χ1n) is 6.05. The maximum atomic E-state index is 5.34. The summed E-state index contributed by atoms with van der Waals surface area (Å²) in [5.41, 5.74) is 0.877. The Morgan fingerprint density at radius 2 is 2.24 bits per heavy atom. The Kier molecular flexibility index (Phi) is 2.92. The molecule has 17 heavy (non-hydrogen) atoms. The van der Waals surface area contributed by atoms with E-state index in [2.05, 4.69) is 15.4 Å². The molecule has 0 bridgehead atoms. The average Bonchev–Trinajstić information content (AvgIpc) is 2.80. The summed E-state index contributed by atoms with van der Waals surface area (Å²) in [7, 11) is 0. The van der Waals surface area contributed by atoms with E-state index in [9.17, 15) is 0 Å². The molecule has 90 valence electrons. The van der Waals surface area contributed by atoms with Gasteiger partial charge in [-0.1, -0.05) is 6.07 Å². The van der Waals surface area contributed by atoms with E-state index in [0.717, 1.165) is 38.2 Å². The fraction of sp³-hybridized carbons (Fsp3) is 0.500. The molecule has 1 N–H and O–H groups in total. The van der Waals surface area contributed by atoms with Crippen LogP contribution in [0.15, 0.2) is 24.4 Å². The van der Waals surface area contributed by atoms with Crippen LogP contribution >= 0.6 is 0 Å². The zero-order chi connectivity index (χ0) is 11.5. The SMILES string of the molecule is c1ccn2nc(NCC3CCOCC3)nc2c1. The van der Waals surface area contributed by atoms with Crippen molar-refractivity contribution in [2.75, 3.05) is 25.1 Å². The molecule has 2 aromatic rings. The lowest BCUT2D eigenvalue weighted by molar-refractivity contribution is 0.0699. The molecule has 0 spiro atoms. The maximum Gasteiger partial charge on any atom is 0.243 e. The molecule has 0 unspecified atom stereocenters. The van der Waals surface area contributed by atoms with Gasteiger partial charge in [-0.25, -0.2) is 4.52 Å². The molecule has 5 nitrogen and oxygen atoms in total. The molecule has 0 aromatic carbocycles. The van der Waals surface area contributed by atoms with Gasteiger partial charge in [-0.2, -0.15) is 4.98 Å². The second kappa shape index (κ2) is 4.71. The Hall–Kier alpha value is -1.62. The smallest absolute Gasteiger partial charge is 0.243 e. The third-order valence-electron chi connectivity index (χ3n) is 3.13. The van der Waals surface area contributed by atoms with Crippen molar-refractivity contribution in [1.82, 2.24) is 14.6 Å². The van der Waals surface area contributed by atoms with Crippen LogP contribution in [0.25, 0.3) is 5.65 Å². The summed E-state index contributed by atoms with van der Waals surface area (Å²) in [5.74, 6) is 1.39. The van der Waals surface area contributed by atoms with Crippen molar-refractivity contribution in [3.8, 4) is 0 Å². The normalized spacial score (nSPS) is 17.4. The van der Waals surface area contributed by atoms with Crippen molar-refractivity contribution in [1.29, 1.82) is 0 Å². The fourth-order valence-corrected chi connectivity index (χ4v) is 2.09. The van der Waals surface area contributed by atoms with E-state index in [4.69, 9.17) is 4.74 Å². The average molecular weight is 232 g/mol. The molecule has 0 radical (unpaired) electrons. The van der Waals surface area contributed by atoms with Crippen molar-refractivity contribution in [2.45, 2.75) is 12.8 Å². The van der Waals surface area contributed by atoms with Gasteiger partial charge in [0, 0.05) is 26.0 Å². The summed E-state index contributed by atoms with van der Waals surface area (Å²) in [6, 6.07) is 5.86. The Morgan fingerprint density at radius 1 is 1.35 bits per heavy atom. The largest absolute Gasteiger partial charge is 0.381 e. The van der Waals surface area contributed by atoms with Gasteiger partial charge in [0.25, 0.3) is 0 Å². The van der Waals surface area contributed by atoms with E-state index in [1.807, 2.05) is 24.4 Å². The number of hydrogen-bond acceptors (Lipinski definition) is 4. The first-order valence-corrected chi connectivity index (χ1v) is 6.05. The topological polar surface area (TPSA) is 51.5 Å². The molecule has 1 aliphatic rings. The lowest BCUT2D eigenvalue weighted by atomic mass is 10.0. The number of hydrogen-bond donors (Lipinski definition) is 1. The number of fused-ring (bicyclic) bond motifs is 1. The Bertz CT molecular complexity index is 457. The molecule has 1 fully saturated rings. The quantitative estimate of drug-likeness (QED) is 0.872. The van der Waals surface area contributed by atoms with E-state index < -0.39 is 0 Å². The van der Waals surface area contributed by atoms with Crippen molar-refractivity contribution >= 4 is 11.6 Å². The fourth-order valence-electron chi connectivity index (χ4n) is 2.09. The van der Waals surface area contributed by atoms with Crippen LogP contribution in [0.2, 0.25) is 0 Å². The van der Waals surface area contributed by atoms with Gasteiger partial charge in [0.05, 0.1) is 0 Å². The maximum absolute atomic E-state index is 5.34. The number of anilines is 1. The van der Waals surface area contributed by atoms with Crippen LogP contribution in [-0.2, 0) is 4.74 Å². The number of nitrogens with zero attached hydrogens (tertiary/aromatic N) is 3. The molecule has 1 saturated heterocycles. The summed E-state index contributed by atoms with van der Waals surface area (Å²) in [6.07, 6.45) is 4.16.